The summed E-state index contributed by atoms with van der Waals surface area (Å²) in [7, 11) is 1.57. The average molecular weight is 222 g/mol. The van der Waals surface area contributed by atoms with E-state index in [1.165, 1.54) is 0 Å². The monoisotopic (exact) mass is 222 g/mol. The minimum absolute atomic E-state index is 0.114. The van der Waals surface area contributed by atoms with Crippen LogP contribution in [0, 0.1) is 0 Å². The van der Waals surface area contributed by atoms with Crippen molar-refractivity contribution in [3.63, 3.8) is 0 Å². The average Bonchev–Trinajstić information content (AvgIpc) is 3.09. The van der Waals surface area contributed by atoms with E-state index in [1.807, 2.05) is 0 Å². The van der Waals surface area contributed by atoms with E-state index in [0.29, 0.717) is 11.3 Å². The molecule has 0 heterocycles. The van der Waals surface area contributed by atoms with E-state index in [1.54, 1.807) is 31.4 Å². The lowest BCUT2D eigenvalue weighted by atomic mass is 10.1. The summed E-state index contributed by atoms with van der Waals surface area (Å²) in [5.74, 6) is -0.239. The SMILES string of the molecule is COc1ccc([C@H](OC2CC2)C(=O)O)cc1. The Morgan fingerprint density at radius 2 is 2.00 bits per heavy atom. The molecule has 86 valence electrons. The Labute approximate surface area is 93.8 Å². The lowest BCUT2D eigenvalue weighted by Crippen LogP contribution is -2.16. The van der Waals surface area contributed by atoms with Crippen LogP contribution >= 0.6 is 0 Å². The van der Waals surface area contributed by atoms with Crippen molar-refractivity contribution in [1.29, 1.82) is 0 Å². The number of hydrogen-bond acceptors (Lipinski definition) is 3. The maximum absolute atomic E-state index is 11.1. The summed E-state index contributed by atoms with van der Waals surface area (Å²) in [5.41, 5.74) is 0.653. The standard InChI is InChI=1S/C12H14O4/c1-15-9-4-2-8(3-5-9)11(12(13)14)16-10-6-7-10/h2-5,10-11H,6-7H2,1H3,(H,13,14)/t11-/m0/s1. The molecule has 1 saturated carbocycles. The molecule has 0 saturated heterocycles. The second-order valence-corrected chi connectivity index (χ2v) is 3.83. The summed E-state index contributed by atoms with van der Waals surface area (Å²) in [5, 5.41) is 9.07. The van der Waals surface area contributed by atoms with Gasteiger partial charge in [0, 0.05) is 0 Å². The van der Waals surface area contributed by atoms with Crippen molar-refractivity contribution in [2.24, 2.45) is 0 Å². The van der Waals surface area contributed by atoms with Crippen molar-refractivity contribution in [2.45, 2.75) is 25.0 Å². The fourth-order valence-corrected chi connectivity index (χ4v) is 1.45. The van der Waals surface area contributed by atoms with E-state index >= 15 is 0 Å². The Balaban J connectivity index is 2.13. The molecule has 0 aliphatic heterocycles. The van der Waals surface area contributed by atoms with E-state index in [-0.39, 0.29) is 6.10 Å². The first kappa shape index (κ1) is 11.0. The minimum Gasteiger partial charge on any atom is -0.497 e. The van der Waals surface area contributed by atoms with Gasteiger partial charge in [0.1, 0.15) is 5.75 Å². The number of carbonyl (C=O) groups is 1. The zero-order valence-electron chi connectivity index (χ0n) is 9.05. The molecule has 1 aliphatic rings. The van der Waals surface area contributed by atoms with Gasteiger partial charge in [0.15, 0.2) is 6.10 Å². The Morgan fingerprint density at radius 1 is 1.38 bits per heavy atom. The Kier molecular flexibility index (Phi) is 3.10. The normalized spacial score (nSPS) is 16.8. The van der Waals surface area contributed by atoms with Crippen LogP contribution in [0.4, 0.5) is 0 Å². The van der Waals surface area contributed by atoms with E-state index in [2.05, 4.69) is 0 Å². The maximum Gasteiger partial charge on any atom is 0.337 e. The molecule has 1 aliphatic carbocycles. The third-order valence-corrected chi connectivity index (χ3v) is 2.50. The molecule has 2 rings (SSSR count). The predicted octanol–water partition coefficient (Wildman–Crippen LogP) is 2.00. The van der Waals surface area contributed by atoms with Crippen molar-refractivity contribution in [2.75, 3.05) is 7.11 Å². The van der Waals surface area contributed by atoms with Gasteiger partial charge >= 0.3 is 5.97 Å². The molecule has 4 heteroatoms. The number of aliphatic carboxylic acids is 1. The van der Waals surface area contributed by atoms with Crippen LogP contribution in [0.25, 0.3) is 0 Å². The second-order valence-electron chi connectivity index (χ2n) is 3.83. The molecule has 16 heavy (non-hydrogen) atoms. The van der Waals surface area contributed by atoms with Crippen LogP contribution in [0.2, 0.25) is 0 Å². The van der Waals surface area contributed by atoms with Crippen LogP contribution in [-0.2, 0) is 9.53 Å². The van der Waals surface area contributed by atoms with Gasteiger partial charge in [-0.1, -0.05) is 12.1 Å². The van der Waals surface area contributed by atoms with Gasteiger partial charge in [-0.05, 0) is 30.5 Å². The summed E-state index contributed by atoms with van der Waals surface area (Å²) >= 11 is 0. The van der Waals surface area contributed by atoms with Crippen molar-refractivity contribution in [1.82, 2.24) is 0 Å². The molecule has 0 bridgehead atoms. The van der Waals surface area contributed by atoms with Crippen LogP contribution in [0.1, 0.15) is 24.5 Å². The van der Waals surface area contributed by atoms with Crippen molar-refractivity contribution in [3.8, 4) is 5.75 Å². The van der Waals surface area contributed by atoms with Crippen LogP contribution in [-0.4, -0.2) is 24.3 Å². The van der Waals surface area contributed by atoms with Gasteiger partial charge in [0.25, 0.3) is 0 Å². The summed E-state index contributed by atoms with van der Waals surface area (Å²) in [6.45, 7) is 0. The third kappa shape index (κ3) is 2.52. The molecule has 0 amide bonds. The Bertz CT molecular complexity index is 367. The highest BCUT2D eigenvalue weighted by Gasteiger charge is 2.30. The fourth-order valence-electron chi connectivity index (χ4n) is 1.45. The molecule has 0 spiro atoms. The minimum atomic E-state index is -0.947. The van der Waals surface area contributed by atoms with Gasteiger partial charge in [0.2, 0.25) is 0 Å². The van der Waals surface area contributed by atoms with Crippen molar-refractivity contribution in [3.05, 3.63) is 29.8 Å². The quantitative estimate of drug-likeness (QED) is 0.827. The van der Waals surface area contributed by atoms with Gasteiger partial charge in [-0.3, -0.25) is 0 Å². The highest BCUT2D eigenvalue weighted by atomic mass is 16.5. The lowest BCUT2D eigenvalue weighted by Gasteiger charge is -2.13. The van der Waals surface area contributed by atoms with Crippen LogP contribution in [0.5, 0.6) is 5.75 Å². The molecule has 1 fully saturated rings. The number of ether oxygens (including phenoxy) is 2. The maximum atomic E-state index is 11.1. The largest absolute Gasteiger partial charge is 0.497 e. The molecule has 4 nitrogen and oxygen atoms in total. The van der Waals surface area contributed by atoms with Gasteiger partial charge in [-0.15, -0.1) is 0 Å². The molecule has 0 radical (unpaired) electrons. The lowest BCUT2D eigenvalue weighted by molar-refractivity contribution is -0.151. The zero-order valence-corrected chi connectivity index (χ0v) is 9.05. The van der Waals surface area contributed by atoms with Crippen molar-refractivity contribution >= 4 is 5.97 Å². The van der Waals surface area contributed by atoms with E-state index < -0.39 is 12.1 Å². The number of benzene rings is 1. The van der Waals surface area contributed by atoms with Crippen LogP contribution in [0.15, 0.2) is 24.3 Å². The number of methoxy groups -OCH3 is 1. The first-order chi connectivity index (χ1) is 7.70. The first-order valence-electron chi connectivity index (χ1n) is 5.23. The summed E-state index contributed by atoms with van der Waals surface area (Å²) in [4.78, 5) is 11.1. The molecule has 1 aromatic carbocycles. The summed E-state index contributed by atoms with van der Waals surface area (Å²) in [6, 6.07) is 6.92. The van der Waals surface area contributed by atoms with Gasteiger partial charge in [0.05, 0.1) is 13.2 Å². The number of hydrogen-bond donors (Lipinski definition) is 1. The number of carboxylic acids is 1. The van der Waals surface area contributed by atoms with E-state index in [4.69, 9.17) is 14.6 Å². The molecule has 1 aromatic rings. The first-order valence-corrected chi connectivity index (χ1v) is 5.23. The number of carboxylic acid groups (broad SMARTS) is 1. The zero-order chi connectivity index (χ0) is 11.5. The molecule has 1 N–H and O–H groups in total. The van der Waals surface area contributed by atoms with Crippen molar-refractivity contribution < 1.29 is 19.4 Å². The summed E-state index contributed by atoms with van der Waals surface area (Å²) in [6.07, 6.45) is 1.17. The fraction of sp³-hybridized carbons (Fsp3) is 0.417. The molecular formula is C12H14O4. The van der Waals surface area contributed by atoms with Crippen LogP contribution in [0.3, 0.4) is 0 Å². The van der Waals surface area contributed by atoms with Crippen LogP contribution < -0.4 is 4.74 Å². The Hall–Kier alpha value is -1.55. The van der Waals surface area contributed by atoms with Gasteiger partial charge in [-0.25, -0.2) is 4.79 Å². The molecule has 0 aromatic heterocycles. The topological polar surface area (TPSA) is 55.8 Å². The number of rotatable bonds is 5. The molecule has 1 atom stereocenters. The Morgan fingerprint density at radius 3 is 2.44 bits per heavy atom. The predicted molar refractivity (Wildman–Crippen MR) is 57.5 cm³/mol. The smallest absolute Gasteiger partial charge is 0.337 e. The van der Waals surface area contributed by atoms with E-state index in [0.717, 1.165) is 12.8 Å². The van der Waals surface area contributed by atoms with E-state index in [9.17, 15) is 4.79 Å². The molecular weight excluding hydrogens is 208 g/mol. The highest BCUT2D eigenvalue weighted by Crippen LogP contribution is 2.31. The highest BCUT2D eigenvalue weighted by molar-refractivity contribution is 5.74. The second kappa shape index (κ2) is 4.53. The van der Waals surface area contributed by atoms with Gasteiger partial charge in [-0.2, -0.15) is 0 Å². The molecule has 0 unspecified atom stereocenters. The summed E-state index contributed by atoms with van der Waals surface area (Å²) < 4.78 is 10.5. The van der Waals surface area contributed by atoms with Gasteiger partial charge < -0.3 is 14.6 Å². The third-order valence-electron chi connectivity index (χ3n) is 2.50.